The number of benzene rings is 3. The van der Waals surface area contributed by atoms with Crippen LogP contribution in [-0.2, 0) is 9.59 Å². The average Bonchev–Trinajstić information content (AvgIpc) is 3.04. The number of hydrogen-bond donors (Lipinski definition) is 1. The molecule has 4 rings (SSSR count). The van der Waals surface area contributed by atoms with Crippen molar-refractivity contribution in [1.29, 1.82) is 0 Å². The molecule has 33 heavy (non-hydrogen) atoms. The Bertz CT molecular complexity index is 1210. The minimum Gasteiger partial charge on any atom is -0.493 e. The number of nitrogens with one attached hydrogen (secondary N) is 1. The first-order valence-corrected chi connectivity index (χ1v) is 11.1. The molecule has 0 aliphatic carbocycles. The van der Waals surface area contributed by atoms with Gasteiger partial charge in [0.2, 0.25) is 0 Å². The first-order chi connectivity index (χ1) is 15.8. The molecule has 1 aliphatic rings. The highest BCUT2D eigenvalue weighted by molar-refractivity contribution is 6.46. The number of rotatable bonds is 7. The number of para-hydroxylation sites is 1. The lowest BCUT2D eigenvalue weighted by Crippen LogP contribution is -2.32. The third-order valence-corrected chi connectivity index (χ3v) is 5.47. The summed E-state index contributed by atoms with van der Waals surface area (Å²) in [6.07, 6.45) is 0. The van der Waals surface area contributed by atoms with E-state index >= 15 is 0 Å². The van der Waals surface area contributed by atoms with Crippen molar-refractivity contribution in [2.45, 2.75) is 27.7 Å². The molecule has 3 aromatic rings. The lowest BCUT2D eigenvalue weighted by atomic mass is 10.0. The number of nitrogens with zero attached hydrogens (tertiary/aromatic N) is 1. The van der Waals surface area contributed by atoms with Crippen LogP contribution in [0, 0.1) is 19.8 Å². The summed E-state index contributed by atoms with van der Waals surface area (Å²) in [4.78, 5) is 28.2. The van der Waals surface area contributed by atoms with Gasteiger partial charge >= 0.3 is 0 Å². The van der Waals surface area contributed by atoms with Crippen LogP contribution in [0.5, 0.6) is 5.75 Å². The predicted octanol–water partition coefficient (Wildman–Crippen LogP) is 5.73. The number of hydrogen-bond acceptors (Lipinski definition) is 4. The topological polar surface area (TPSA) is 58.6 Å². The Labute approximate surface area is 194 Å². The summed E-state index contributed by atoms with van der Waals surface area (Å²) >= 11 is 0. The normalized spacial score (nSPS) is 13.8. The lowest BCUT2D eigenvalue weighted by molar-refractivity contribution is -0.120. The van der Waals surface area contributed by atoms with Gasteiger partial charge in [-0.05, 0) is 61.2 Å². The van der Waals surface area contributed by atoms with E-state index in [-0.39, 0.29) is 17.5 Å². The average molecular weight is 441 g/mol. The first kappa shape index (κ1) is 22.3. The highest BCUT2D eigenvalue weighted by Gasteiger charge is 2.40. The molecule has 5 heteroatoms. The summed E-state index contributed by atoms with van der Waals surface area (Å²) in [6.45, 7) is 8.79. The van der Waals surface area contributed by atoms with Crippen molar-refractivity contribution in [2.24, 2.45) is 5.92 Å². The van der Waals surface area contributed by atoms with E-state index in [4.69, 9.17) is 4.74 Å². The van der Waals surface area contributed by atoms with E-state index in [2.05, 4.69) is 19.2 Å². The number of carbonyl (C=O) groups excluding carboxylic acids is 2. The van der Waals surface area contributed by atoms with Crippen LogP contribution in [-0.4, -0.2) is 18.4 Å². The second-order valence-corrected chi connectivity index (χ2v) is 8.70. The van der Waals surface area contributed by atoms with Gasteiger partial charge in [-0.1, -0.05) is 61.9 Å². The van der Waals surface area contributed by atoms with Crippen LogP contribution in [0.3, 0.4) is 0 Å². The SMILES string of the molecule is Cc1ccc(NC2=C(c3ccc(OCC(C)C)cc3)C(=O)N(c3ccccc3)C2=O)c(C)c1. The van der Waals surface area contributed by atoms with E-state index < -0.39 is 0 Å². The maximum absolute atomic E-state index is 13.5. The van der Waals surface area contributed by atoms with E-state index in [0.29, 0.717) is 29.3 Å². The maximum atomic E-state index is 13.5. The fourth-order valence-corrected chi connectivity index (χ4v) is 3.79. The van der Waals surface area contributed by atoms with Gasteiger partial charge in [0.1, 0.15) is 11.4 Å². The van der Waals surface area contributed by atoms with Crippen LogP contribution in [0.2, 0.25) is 0 Å². The van der Waals surface area contributed by atoms with Crippen molar-refractivity contribution < 1.29 is 14.3 Å². The maximum Gasteiger partial charge on any atom is 0.282 e. The van der Waals surface area contributed by atoms with E-state index in [0.717, 1.165) is 22.6 Å². The molecule has 0 spiro atoms. The third kappa shape index (κ3) is 4.67. The van der Waals surface area contributed by atoms with Gasteiger partial charge in [-0.3, -0.25) is 9.59 Å². The zero-order valence-electron chi connectivity index (χ0n) is 19.4. The molecule has 5 nitrogen and oxygen atoms in total. The number of imide groups is 1. The fraction of sp³-hybridized carbons (Fsp3) is 0.214. The van der Waals surface area contributed by atoms with Crippen LogP contribution in [0.1, 0.15) is 30.5 Å². The Hall–Kier alpha value is -3.86. The van der Waals surface area contributed by atoms with Crippen LogP contribution < -0.4 is 15.0 Å². The summed E-state index contributed by atoms with van der Waals surface area (Å²) in [6, 6.07) is 22.3. The Morgan fingerprint density at radius 3 is 2.21 bits per heavy atom. The van der Waals surface area contributed by atoms with Crippen molar-refractivity contribution >= 4 is 28.8 Å². The molecule has 0 radical (unpaired) electrons. The van der Waals surface area contributed by atoms with Gasteiger partial charge in [-0.15, -0.1) is 0 Å². The van der Waals surface area contributed by atoms with Gasteiger partial charge < -0.3 is 10.1 Å². The van der Waals surface area contributed by atoms with Crippen molar-refractivity contribution in [3.05, 3.63) is 95.2 Å². The van der Waals surface area contributed by atoms with Crippen molar-refractivity contribution in [3.63, 3.8) is 0 Å². The molecule has 0 unspecified atom stereocenters. The van der Waals surface area contributed by atoms with Gasteiger partial charge in [0.05, 0.1) is 17.9 Å². The Morgan fingerprint density at radius 2 is 1.58 bits per heavy atom. The summed E-state index contributed by atoms with van der Waals surface area (Å²) in [5.74, 6) is 0.415. The summed E-state index contributed by atoms with van der Waals surface area (Å²) in [5.41, 5.74) is 4.74. The molecule has 0 aromatic heterocycles. The zero-order chi connectivity index (χ0) is 23.5. The molecule has 0 saturated heterocycles. The molecule has 0 bridgehead atoms. The van der Waals surface area contributed by atoms with Crippen LogP contribution in [0.15, 0.2) is 78.5 Å². The molecule has 2 amide bonds. The van der Waals surface area contributed by atoms with Gasteiger partial charge in [0.25, 0.3) is 11.8 Å². The molecular formula is C28H28N2O3. The molecule has 0 atom stereocenters. The molecular weight excluding hydrogens is 412 g/mol. The minimum absolute atomic E-state index is 0.270. The molecule has 3 aromatic carbocycles. The largest absolute Gasteiger partial charge is 0.493 e. The Balaban J connectivity index is 1.75. The van der Waals surface area contributed by atoms with E-state index in [1.54, 1.807) is 12.1 Å². The van der Waals surface area contributed by atoms with Crippen molar-refractivity contribution in [3.8, 4) is 5.75 Å². The van der Waals surface area contributed by atoms with Gasteiger partial charge in [-0.2, -0.15) is 0 Å². The number of anilines is 2. The fourth-order valence-electron chi connectivity index (χ4n) is 3.79. The number of amides is 2. The van der Waals surface area contributed by atoms with Crippen LogP contribution >= 0.6 is 0 Å². The molecule has 1 N–H and O–H groups in total. The predicted molar refractivity (Wildman–Crippen MR) is 132 cm³/mol. The molecule has 1 aliphatic heterocycles. The van der Waals surface area contributed by atoms with Gasteiger partial charge in [0, 0.05) is 5.69 Å². The summed E-state index contributed by atoms with van der Waals surface area (Å²) < 4.78 is 5.78. The monoisotopic (exact) mass is 440 g/mol. The van der Waals surface area contributed by atoms with Gasteiger partial charge in [-0.25, -0.2) is 4.90 Å². The quantitative estimate of drug-likeness (QED) is 0.476. The van der Waals surface area contributed by atoms with E-state index in [9.17, 15) is 9.59 Å². The van der Waals surface area contributed by atoms with E-state index in [1.165, 1.54) is 4.90 Å². The number of ether oxygens (including phenoxy) is 1. The van der Waals surface area contributed by atoms with Crippen LogP contribution in [0.4, 0.5) is 11.4 Å². The molecule has 1 heterocycles. The van der Waals surface area contributed by atoms with E-state index in [1.807, 2.05) is 74.5 Å². The number of carbonyl (C=O) groups is 2. The Kier molecular flexibility index (Phi) is 6.31. The minimum atomic E-state index is -0.374. The van der Waals surface area contributed by atoms with Crippen LogP contribution in [0.25, 0.3) is 5.57 Å². The number of aryl methyl sites for hydroxylation is 2. The van der Waals surface area contributed by atoms with Crippen molar-refractivity contribution in [2.75, 3.05) is 16.8 Å². The second kappa shape index (κ2) is 9.33. The molecule has 0 saturated carbocycles. The Morgan fingerprint density at radius 1 is 0.879 bits per heavy atom. The first-order valence-electron chi connectivity index (χ1n) is 11.1. The molecule has 168 valence electrons. The molecule has 0 fully saturated rings. The highest BCUT2D eigenvalue weighted by Crippen LogP contribution is 2.35. The van der Waals surface area contributed by atoms with Gasteiger partial charge in [0.15, 0.2) is 0 Å². The second-order valence-electron chi connectivity index (χ2n) is 8.70. The zero-order valence-corrected chi connectivity index (χ0v) is 19.4. The standard InChI is InChI=1S/C28H28N2O3/c1-18(2)17-33-23-13-11-21(12-14-23)25-26(29-24-15-10-19(3)16-20(24)4)28(32)30(27(25)31)22-8-6-5-7-9-22/h5-16,18,29H,17H2,1-4H3. The lowest BCUT2D eigenvalue weighted by Gasteiger charge is -2.15. The summed E-state index contributed by atoms with van der Waals surface area (Å²) in [7, 11) is 0. The summed E-state index contributed by atoms with van der Waals surface area (Å²) in [5, 5.41) is 3.26. The highest BCUT2D eigenvalue weighted by atomic mass is 16.5. The van der Waals surface area contributed by atoms with Crippen molar-refractivity contribution in [1.82, 2.24) is 0 Å². The smallest absolute Gasteiger partial charge is 0.282 e. The third-order valence-electron chi connectivity index (χ3n) is 5.47.